The highest BCUT2D eigenvalue weighted by Crippen LogP contribution is 2.32. The highest BCUT2D eigenvalue weighted by molar-refractivity contribution is 9.10. The van der Waals surface area contributed by atoms with Gasteiger partial charge in [-0.05, 0) is 57.4 Å². The molecule has 0 saturated heterocycles. The molecule has 0 fully saturated rings. The Bertz CT molecular complexity index is 1130. The second kappa shape index (κ2) is 6.77. The van der Waals surface area contributed by atoms with Gasteiger partial charge in [-0.15, -0.1) is 0 Å². The van der Waals surface area contributed by atoms with Gasteiger partial charge in [0.05, 0.1) is 11.9 Å². The molecule has 0 radical (unpaired) electrons. The van der Waals surface area contributed by atoms with E-state index in [9.17, 15) is 5.11 Å². The molecule has 4 aromatic rings. The van der Waals surface area contributed by atoms with Crippen LogP contribution in [0, 0.1) is 6.92 Å². The van der Waals surface area contributed by atoms with Gasteiger partial charge in [0.15, 0.2) is 5.69 Å². The molecule has 0 atom stereocenters. The van der Waals surface area contributed by atoms with Crippen molar-refractivity contribution < 1.29 is 9.52 Å². The average molecular weight is 407 g/mol. The first-order chi connectivity index (χ1) is 12.6. The molecule has 4 rings (SSSR count). The van der Waals surface area contributed by atoms with Gasteiger partial charge < -0.3 is 9.52 Å². The molecule has 0 unspecified atom stereocenters. The lowest BCUT2D eigenvalue weighted by Crippen LogP contribution is -1.84. The largest absolute Gasteiger partial charge is 0.479 e. The maximum atomic E-state index is 10.1. The summed E-state index contributed by atoms with van der Waals surface area (Å²) in [5.41, 5.74) is 3.01. The van der Waals surface area contributed by atoms with Gasteiger partial charge in [-0.3, -0.25) is 4.99 Å². The van der Waals surface area contributed by atoms with Gasteiger partial charge in [0.1, 0.15) is 0 Å². The summed E-state index contributed by atoms with van der Waals surface area (Å²) >= 11 is 3.49. The Morgan fingerprint density at radius 1 is 1.08 bits per heavy atom. The number of benzene rings is 3. The maximum Gasteiger partial charge on any atom is 0.312 e. The fourth-order valence-electron chi connectivity index (χ4n) is 2.78. The lowest BCUT2D eigenvalue weighted by molar-refractivity contribution is 0.337. The number of aromatic hydroxyl groups is 1. The summed E-state index contributed by atoms with van der Waals surface area (Å²) in [6.07, 6.45) is 1.50. The smallest absolute Gasteiger partial charge is 0.312 e. The number of halogens is 1. The van der Waals surface area contributed by atoms with E-state index >= 15 is 0 Å². The van der Waals surface area contributed by atoms with Crippen molar-refractivity contribution >= 4 is 38.6 Å². The van der Waals surface area contributed by atoms with Gasteiger partial charge in [0.25, 0.3) is 0 Å². The van der Waals surface area contributed by atoms with Crippen molar-refractivity contribution in [1.29, 1.82) is 0 Å². The van der Waals surface area contributed by atoms with Gasteiger partial charge in [-0.25, -0.2) is 4.98 Å². The molecule has 4 nitrogen and oxygen atoms in total. The molecule has 1 aromatic heterocycles. The third-order valence-corrected chi connectivity index (χ3v) is 4.72. The van der Waals surface area contributed by atoms with Crippen LogP contribution >= 0.6 is 15.9 Å². The minimum absolute atomic E-state index is 0.250. The van der Waals surface area contributed by atoms with Crippen LogP contribution < -0.4 is 0 Å². The number of aryl methyl sites for hydroxylation is 1. The molecule has 3 aromatic carbocycles. The molecule has 1 N–H and O–H groups in total. The topological polar surface area (TPSA) is 58.6 Å². The Labute approximate surface area is 159 Å². The van der Waals surface area contributed by atoms with Gasteiger partial charge in [0, 0.05) is 10.0 Å². The summed E-state index contributed by atoms with van der Waals surface area (Å²) in [5, 5.41) is 12.2. The van der Waals surface area contributed by atoms with Crippen molar-refractivity contribution in [3.05, 3.63) is 76.4 Å². The van der Waals surface area contributed by atoms with Gasteiger partial charge in [0.2, 0.25) is 5.89 Å². The number of hydrogen-bond acceptors (Lipinski definition) is 4. The van der Waals surface area contributed by atoms with Crippen LogP contribution in [0.1, 0.15) is 11.3 Å². The quantitative estimate of drug-likeness (QED) is 0.423. The van der Waals surface area contributed by atoms with E-state index < -0.39 is 0 Å². The zero-order valence-electron chi connectivity index (χ0n) is 14.0. The predicted molar refractivity (Wildman–Crippen MR) is 107 cm³/mol. The minimum atomic E-state index is -0.250. The molecule has 26 heavy (non-hydrogen) atoms. The van der Waals surface area contributed by atoms with Crippen molar-refractivity contribution in [3.8, 4) is 17.4 Å². The number of oxazole rings is 1. The minimum Gasteiger partial charge on any atom is -0.479 e. The molecule has 0 aliphatic rings. The van der Waals surface area contributed by atoms with Crippen LogP contribution in [0.3, 0.4) is 0 Å². The molecule has 0 aliphatic heterocycles. The van der Waals surface area contributed by atoms with Crippen LogP contribution in [-0.4, -0.2) is 16.3 Å². The number of hydrogen-bond donors (Lipinski definition) is 1. The van der Waals surface area contributed by atoms with Crippen molar-refractivity contribution in [2.45, 2.75) is 6.92 Å². The van der Waals surface area contributed by atoms with E-state index in [4.69, 9.17) is 4.42 Å². The second-order valence-electron chi connectivity index (χ2n) is 5.95. The van der Waals surface area contributed by atoms with E-state index in [0.717, 1.165) is 32.1 Å². The molecule has 0 spiro atoms. The monoisotopic (exact) mass is 406 g/mol. The van der Waals surface area contributed by atoms with Crippen LogP contribution in [0.5, 0.6) is 5.95 Å². The van der Waals surface area contributed by atoms with Gasteiger partial charge in [-0.2, -0.15) is 0 Å². The summed E-state index contributed by atoms with van der Waals surface area (Å²) in [7, 11) is 0. The summed E-state index contributed by atoms with van der Waals surface area (Å²) in [4.78, 5) is 8.80. The first kappa shape index (κ1) is 16.5. The Morgan fingerprint density at radius 3 is 2.73 bits per heavy atom. The zero-order valence-corrected chi connectivity index (χ0v) is 15.6. The Hall–Kier alpha value is -2.92. The molecule has 0 bridgehead atoms. The van der Waals surface area contributed by atoms with Gasteiger partial charge >= 0.3 is 5.95 Å². The predicted octanol–water partition coefficient (Wildman–Crippen LogP) is 6.02. The van der Waals surface area contributed by atoms with E-state index in [1.165, 1.54) is 6.21 Å². The lowest BCUT2D eigenvalue weighted by Gasteiger charge is -2.01. The molecule has 0 amide bonds. The molecular formula is C21H15BrN2O2. The molecule has 0 saturated carbocycles. The van der Waals surface area contributed by atoms with Crippen molar-refractivity contribution in [2.24, 2.45) is 4.99 Å². The second-order valence-corrected chi connectivity index (χ2v) is 6.80. The number of aromatic nitrogens is 1. The summed E-state index contributed by atoms with van der Waals surface area (Å²) < 4.78 is 6.37. The van der Waals surface area contributed by atoms with Crippen LogP contribution in [0.15, 0.2) is 74.5 Å². The first-order valence-electron chi connectivity index (χ1n) is 8.10. The first-order valence-corrected chi connectivity index (χ1v) is 8.89. The van der Waals surface area contributed by atoms with Gasteiger partial charge in [-0.1, -0.05) is 42.5 Å². The standard InChI is InChI=1S/C21H15BrN2O2/c1-13-9-10-18(17(22)11-13)23-12-19-21(25)26-20(24-19)16-8-4-6-14-5-2-3-7-15(14)16/h2-12,25H,1H3. The summed E-state index contributed by atoms with van der Waals surface area (Å²) in [6.45, 7) is 2.01. The van der Waals surface area contributed by atoms with Crippen LogP contribution in [0.25, 0.3) is 22.2 Å². The van der Waals surface area contributed by atoms with Crippen molar-refractivity contribution in [3.63, 3.8) is 0 Å². The third kappa shape index (κ3) is 3.13. The molecule has 5 heteroatoms. The SMILES string of the molecule is Cc1ccc(N=Cc2nc(-c3cccc4ccccc34)oc2O)c(Br)c1. The number of nitrogens with zero attached hydrogens (tertiary/aromatic N) is 2. The van der Waals surface area contributed by atoms with E-state index in [2.05, 4.69) is 25.9 Å². The Balaban J connectivity index is 1.72. The highest BCUT2D eigenvalue weighted by atomic mass is 79.9. The number of rotatable bonds is 3. The van der Waals surface area contributed by atoms with Crippen LogP contribution in [0.2, 0.25) is 0 Å². The molecule has 0 aliphatic carbocycles. The van der Waals surface area contributed by atoms with E-state index in [0.29, 0.717) is 11.6 Å². The zero-order chi connectivity index (χ0) is 18.1. The Kier molecular flexibility index (Phi) is 4.31. The van der Waals surface area contributed by atoms with Crippen LogP contribution in [-0.2, 0) is 0 Å². The molecule has 1 heterocycles. The lowest BCUT2D eigenvalue weighted by atomic mass is 10.0. The van der Waals surface area contributed by atoms with E-state index in [1.807, 2.05) is 67.6 Å². The van der Waals surface area contributed by atoms with Crippen LogP contribution in [0.4, 0.5) is 5.69 Å². The Morgan fingerprint density at radius 2 is 1.88 bits per heavy atom. The average Bonchev–Trinajstić information content (AvgIpc) is 3.01. The summed E-state index contributed by atoms with van der Waals surface area (Å²) in [5.74, 6) is 0.114. The third-order valence-electron chi connectivity index (χ3n) is 4.08. The highest BCUT2D eigenvalue weighted by Gasteiger charge is 2.14. The fourth-order valence-corrected chi connectivity index (χ4v) is 3.38. The number of aliphatic imine (C=N–C) groups is 1. The number of fused-ring (bicyclic) bond motifs is 1. The van der Waals surface area contributed by atoms with Crippen molar-refractivity contribution in [2.75, 3.05) is 0 Å². The maximum absolute atomic E-state index is 10.1. The molecule has 128 valence electrons. The summed E-state index contributed by atoms with van der Waals surface area (Å²) in [6, 6.07) is 19.7. The van der Waals surface area contributed by atoms with Crippen molar-refractivity contribution in [1.82, 2.24) is 4.98 Å². The molecular weight excluding hydrogens is 392 g/mol. The van der Waals surface area contributed by atoms with E-state index in [1.54, 1.807) is 0 Å². The fraction of sp³-hybridized carbons (Fsp3) is 0.0476. The van der Waals surface area contributed by atoms with E-state index in [-0.39, 0.29) is 5.95 Å². The normalized spacial score (nSPS) is 11.5.